The number of aryl methyl sites for hydroxylation is 1. The Morgan fingerprint density at radius 1 is 1.00 bits per heavy atom. The van der Waals surface area contributed by atoms with Crippen LogP contribution in [0.3, 0.4) is 0 Å². The van der Waals surface area contributed by atoms with Crippen molar-refractivity contribution in [2.24, 2.45) is 0 Å². The third kappa shape index (κ3) is 1.07. The number of benzene rings is 1. The van der Waals surface area contributed by atoms with E-state index < -0.39 is 0 Å². The van der Waals surface area contributed by atoms with Gasteiger partial charge in [0.2, 0.25) is 0 Å². The first-order valence-electron chi connectivity index (χ1n) is 5.53. The van der Waals surface area contributed by atoms with Gasteiger partial charge in [0.25, 0.3) is 0 Å². The number of hydrogen-bond donors (Lipinski definition) is 2. The molecule has 1 aromatic carbocycles. The van der Waals surface area contributed by atoms with Gasteiger partial charge >= 0.3 is 0 Å². The lowest BCUT2D eigenvalue weighted by molar-refractivity contribution is 1.17. The molecule has 3 aromatic heterocycles. The summed E-state index contributed by atoms with van der Waals surface area (Å²) in [7, 11) is 0. The Bertz CT molecular complexity index is 854. The van der Waals surface area contributed by atoms with Gasteiger partial charge in [-0.15, -0.1) is 0 Å². The fraction of sp³-hybridized carbons (Fsp3) is 0.0769. The topological polar surface area (TPSA) is 57.4 Å². The summed E-state index contributed by atoms with van der Waals surface area (Å²) in [4.78, 5) is 15.3. The maximum absolute atomic E-state index is 4.57. The zero-order valence-corrected chi connectivity index (χ0v) is 9.28. The number of fused-ring (bicyclic) bond motifs is 5. The molecule has 0 saturated carbocycles. The Kier molecular flexibility index (Phi) is 1.47. The van der Waals surface area contributed by atoms with Gasteiger partial charge in [-0.05, 0) is 25.1 Å². The van der Waals surface area contributed by atoms with Crippen LogP contribution in [0.15, 0.2) is 30.6 Å². The SMILES string of the molecule is Cc1nc2c(ccc3[nH]c4cnccc4c32)[nH]1. The van der Waals surface area contributed by atoms with Crippen molar-refractivity contribution in [1.82, 2.24) is 19.9 Å². The normalized spacial score (nSPS) is 11.8. The van der Waals surface area contributed by atoms with Crippen LogP contribution in [0, 0.1) is 6.92 Å². The summed E-state index contributed by atoms with van der Waals surface area (Å²) < 4.78 is 0. The van der Waals surface area contributed by atoms with E-state index in [9.17, 15) is 0 Å². The standard InChI is InChI=1S/C13H10N4/c1-7-15-10-3-2-9-12(13(10)16-7)8-4-5-14-6-11(8)17-9/h2-6,17H,1H3,(H,15,16). The maximum Gasteiger partial charge on any atom is 0.104 e. The fourth-order valence-electron chi connectivity index (χ4n) is 2.43. The van der Waals surface area contributed by atoms with Crippen molar-refractivity contribution in [2.45, 2.75) is 6.92 Å². The second kappa shape index (κ2) is 2.85. The Labute approximate surface area is 96.7 Å². The van der Waals surface area contributed by atoms with E-state index in [1.807, 2.05) is 25.4 Å². The summed E-state index contributed by atoms with van der Waals surface area (Å²) >= 11 is 0. The number of H-pyrrole nitrogens is 2. The predicted octanol–water partition coefficient (Wildman–Crippen LogP) is 2.90. The van der Waals surface area contributed by atoms with Crippen LogP contribution < -0.4 is 0 Å². The smallest absolute Gasteiger partial charge is 0.104 e. The number of aromatic amines is 2. The van der Waals surface area contributed by atoms with Gasteiger partial charge in [-0.2, -0.15) is 0 Å². The lowest BCUT2D eigenvalue weighted by atomic mass is 10.1. The highest BCUT2D eigenvalue weighted by molar-refractivity contribution is 6.18. The largest absolute Gasteiger partial charge is 0.353 e. The van der Waals surface area contributed by atoms with Crippen LogP contribution in [0.5, 0.6) is 0 Å². The molecular weight excluding hydrogens is 212 g/mol. The first-order chi connectivity index (χ1) is 8.33. The van der Waals surface area contributed by atoms with Crippen molar-refractivity contribution in [3.8, 4) is 0 Å². The average molecular weight is 222 g/mol. The van der Waals surface area contributed by atoms with Crippen molar-refractivity contribution in [3.05, 3.63) is 36.4 Å². The highest BCUT2D eigenvalue weighted by Crippen LogP contribution is 2.30. The number of aromatic nitrogens is 4. The zero-order valence-electron chi connectivity index (χ0n) is 9.28. The molecule has 4 nitrogen and oxygen atoms in total. The van der Waals surface area contributed by atoms with Gasteiger partial charge in [-0.1, -0.05) is 0 Å². The molecule has 4 rings (SSSR count). The molecule has 0 fully saturated rings. The van der Waals surface area contributed by atoms with Crippen LogP contribution in [0.2, 0.25) is 0 Å². The van der Waals surface area contributed by atoms with Crippen LogP contribution >= 0.6 is 0 Å². The van der Waals surface area contributed by atoms with Gasteiger partial charge in [-0.25, -0.2) is 4.98 Å². The van der Waals surface area contributed by atoms with Crippen LogP contribution in [-0.2, 0) is 0 Å². The third-order valence-corrected chi connectivity index (χ3v) is 3.13. The molecule has 0 aliphatic heterocycles. The van der Waals surface area contributed by atoms with E-state index in [0.717, 1.165) is 27.9 Å². The second-order valence-corrected chi connectivity index (χ2v) is 4.25. The van der Waals surface area contributed by atoms with Crippen LogP contribution in [-0.4, -0.2) is 19.9 Å². The highest BCUT2D eigenvalue weighted by atomic mass is 14.9. The summed E-state index contributed by atoms with van der Waals surface area (Å²) in [5.41, 5.74) is 4.26. The van der Waals surface area contributed by atoms with Crippen molar-refractivity contribution in [3.63, 3.8) is 0 Å². The minimum absolute atomic E-state index is 0.941. The minimum atomic E-state index is 0.941. The molecule has 4 aromatic rings. The van der Waals surface area contributed by atoms with E-state index in [0.29, 0.717) is 0 Å². The van der Waals surface area contributed by atoms with Gasteiger partial charge < -0.3 is 9.97 Å². The number of nitrogens with zero attached hydrogens (tertiary/aromatic N) is 2. The van der Waals surface area contributed by atoms with Crippen molar-refractivity contribution < 1.29 is 0 Å². The van der Waals surface area contributed by atoms with Crippen molar-refractivity contribution in [1.29, 1.82) is 0 Å². The van der Waals surface area contributed by atoms with E-state index in [1.54, 1.807) is 0 Å². The fourth-order valence-corrected chi connectivity index (χ4v) is 2.43. The van der Waals surface area contributed by atoms with E-state index in [-0.39, 0.29) is 0 Å². The molecule has 2 N–H and O–H groups in total. The molecular formula is C13H10N4. The van der Waals surface area contributed by atoms with Crippen LogP contribution in [0.25, 0.3) is 32.8 Å². The van der Waals surface area contributed by atoms with Crippen LogP contribution in [0.4, 0.5) is 0 Å². The van der Waals surface area contributed by atoms with Gasteiger partial charge in [-0.3, -0.25) is 4.98 Å². The summed E-state index contributed by atoms with van der Waals surface area (Å²) in [6.45, 7) is 1.97. The first kappa shape index (κ1) is 8.75. The monoisotopic (exact) mass is 222 g/mol. The first-order valence-corrected chi connectivity index (χ1v) is 5.53. The van der Waals surface area contributed by atoms with Gasteiger partial charge in [0.15, 0.2) is 0 Å². The van der Waals surface area contributed by atoms with Crippen LogP contribution in [0.1, 0.15) is 5.82 Å². The Hall–Kier alpha value is -2.36. The van der Waals surface area contributed by atoms with Gasteiger partial charge in [0.1, 0.15) is 5.82 Å². The molecule has 0 aliphatic carbocycles. The Morgan fingerprint density at radius 2 is 1.88 bits per heavy atom. The van der Waals surface area contributed by atoms with Crippen molar-refractivity contribution in [2.75, 3.05) is 0 Å². The molecule has 0 amide bonds. The average Bonchev–Trinajstić information content (AvgIpc) is 2.87. The highest BCUT2D eigenvalue weighted by Gasteiger charge is 2.10. The molecule has 0 aliphatic rings. The zero-order chi connectivity index (χ0) is 11.4. The van der Waals surface area contributed by atoms with Crippen molar-refractivity contribution >= 4 is 32.8 Å². The molecule has 0 spiro atoms. The molecule has 82 valence electrons. The molecule has 0 bridgehead atoms. The van der Waals surface area contributed by atoms with E-state index in [4.69, 9.17) is 0 Å². The predicted molar refractivity (Wildman–Crippen MR) is 68.0 cm³/mol. The number of imidazole rings is 1. The lowest BCUT2D eigenvalue weighted by Crippen LogP contribution is -1.73. The molecule has 0 saturated heterocycles. The molecule has 4 heteroatoms. The molecule has 3 heterocycles. The quantitative estimate of drug-likeness (QED) is 0.480. The summed E-state index contributed by atoms with van der Waals surface area (Å²) in [6, 6.07) is 6.16. The number of hydrogen-bond acceptors (Lipinski definition) is 2. The minimum Gasteiger partial charge on any atom is -0.353 e. The van der Waals surface area contributed by atoms with Gasteiger partial charge in [0.05, 0.1) is 22.7 Å². The van der Waals surface area contributed by atoms with E-state index in [2.05, 4.69) is 32.1 Å². The van der Waals surface area contributed by atoms with E-state index >= 15 is 0 Å². The number of nitrogens with one attached hydrogen (secondary N) is 2. The molecule has 0 unspecified atom stereocenters. The summed E-state index contributed by atoms with van der Waals surface area (Å²) in [6.07, 6.45) is 3.66. The third-order valence-electron chi connectivity index (χ3n) is 3.13. The van der Waals surface area contributed by atoms with E-state index in [1.165, 1.54) is 10.8 Å². The second-order valence-electron chi connectivity index (χ2n) is 4.25. The van der Waals surface area contributed by atoms with Gasteiger partial charge in [0, 0.05) is 22.5 Å². The summed E-state index contributed by atoms with van der Waals surface area (Å²) in [5, 5.41) is 2.34. The Balaban J connectivity index is 2.37. The number of pyridine rings is 1. The Morgan fingerprint density at radius 3 is 2.82 bits per heavy atom. The molecule has 0 atom stereocenters. The lowest BCUT2D eigenvalue weighted by Gasteiger charge is -1.92. The maximum atomic E-state index is 4.57. The molecule has 17 heavy (non-hydrogen) atoms. The molecule has 0 radical (unpaired) electrons. The summed E-state index contributed by atoms with van der Waals surface area (Å²) in [5.74, 6) is 0.941. The number of rotatable bonds is 0.